The van der Waals surface area contributed by atoms with Crippen LogP contribution in [0.15, 0.2) is 24.3 Å². The van der Waals surface area contributed by atoms with Crippen molar-refractivity contribution in [3.63, 3.8) is 0 Å². The van der Waals surface area contributed by atoms with E-state index in [1.165, 1.54) is 0 Å². The molecule has 7 heteroatoms. The molecule has 0 aliphatic heterocycles. The molecule has 0 spiro atoms. The summed E-state index contributed by atoms with van der Waals surface area (Å²) < 4.78 is 0. The van der Waals surface area contributed by atoms with Crippen molar-refractivity contribution in [2.45, 2.75) is 25.8 Å². The average Bonchev–Trinajstić information content (AvgIpc) is 2.34. The number of amides is 2. The molecule has 1 aromatic carbocycles. The number of hydrogen-bond acceptors (Lipinski definition) is 3. The number of rotatable bonds is 6. The fourth-order valence-corrected chi connectivity index (χ4v) is 1.97. The van der Waals surface area contributed by atoms with Crippen molar-refractivity contribution in [1.29, 1.82) is 0 Å². The SMILES string of the molecule is CC(C)(CC(=O)O)NC(=O)CNC(=O)c1ccccc1Cl. The number of hydrogen-bond donors (Lipinski definition) is 3. The third kappa shape index (κ3) is 5.83. The minimum Gasteiger partial charge on any atom is -0.481 e. The molecule has 0 aliphatic carbocycles. The first-order chi connectivity index (χ1) is 9.71. The summed E-state index contributed by atoms with van der Waals surface area (Å²) in [6, 6.07) is 6.48. The van der Waals surface area contributed by atoms with Crippen molar-refractivity contribution in [3.8, 4) is 0 Å². The molecule has 0 heterocycles. The number of halogens is 1. The van der Waals surface area contributed by atoms with Crippen molar-refractivity contribution >= 4 is 29.4 Å². The van der Waals surface area contributed by atoms with E-state index in [0.29, 0.717) is 5.02 Å². The van der Waals surface area contributed by atoms with Crippen molar-refractivity contribution < 1.29 is 19.5 Å². The van der Waals surface area contributed by atoms with Crippen molar-refractivity contribution in [3.05, 3.63) is 34.9 Å². The maximum Gasteiger partial charge on any atom is 0.305 e. The normalized spacial score (nSPS) is 10.8. The van der Waals surface area contributed by atoms with Gasteiger partial charge in [0.05, 0.1) is 23.6 Å². The van der Waals surface area contributed by atoms with E-state index in [2.05, 4.69) is 10.6 Å². The summed E-state index contributed by atoms with van der Waals surface area (Å²) in [6.45, 7) is 2.93. The molecule has 114 valence electrons. The Hall–Kier alpha value is -2.08. The molecule has 0 aliphatic rings. The van der Waals surface area contributed by atoms with Crippen molar-refractivity contribution in [2.75, 3.05) is 6.54 Å². The molecule has 6 nitrogen and oxygen atoms in total. The lowest BCUT2D eigenvalue weighted by Crippen LogP contribution is -2.48. The Balaban J connectivity index is 2.52. The Morgan fingerprint density at radius 1 is 1.24 bits per heavy atom. The van der Waals surface area contributed by atoms with E-state index >= 15 is 0 Å². The smallest absolute Gasteiger partial charge is 0.305 e. The summed E-state index contributed by atoms with van der Waals surface area (Å²) in [5, 5.41) is 14.0. The van der Waals surface area contributed by atoms with Gasteiger partial charge in [-0.1, -0.05) is 23.7 Å². The zero-order valence-electron chi connectivity index (χ0n) is 11.8. The zero-order valence-corrected chi connectivity index (χ0v) is 12.5. The molecule has 0 radical (unpaired) electrons. The van der Waals surface area contributed by atoms with Crippen LogP contribution in [0.4, 0.5) is 0 Å². The van der Waals surface area contributed by atoms with Crippen LogP contribution < -0.4 is 10.6 Å². The van der Waals surface area contributed by atoms with Gasteiger partial charge in [-0.05, 0) is 26.0 Å². The standard InChI is InChI=1S/C14H17ClN2O4/c1-14(2,7-12(19)20)17-11(18)8-16-13(21)9-5-3-4-6-10(9)15/h3-6H,7-8H2,1-2H3,(H,16,21)(H,17,18)(H,19,20). The van der Waals surface area contributed by atoms with Crippen LogP contribution in [0.25, 0.3) is 0 Å². The number of benzene rings is 1. The number of carboxylic acids is 1. The molecule has 21 heavy (non-hydrogen) atoms. The molecule has 0 atom stereocenters. The lowest BCUT2D eigenvalue weighted by Gasteiger charge is -2.24. The predicted octanol–water partition coefficient (Wildman–Crippen LogP) is 1.44. The highest BCUT2D eigenvalue weighted by molar-refractivity contribution is 6.33. The van der Waals surface area contributed by atoms with Gasteiger partial charge in [0.1, 0.15) is 0 Å². The molecule has 1 aromatic rings. The van der Waals surface area contributed by atoms with Gasteiger partial charge in [0.15, 0.2) is 0 Å². The highest BCUT2D eigenvalue weighted by Crippen LogP contribution is 2.14. The molecular formula is C14H17ClN2O4. The van der Waals surface area contributed by atoms with E-state index in [-0.39, 0.29) is 18.5 Å². The van der Waals surface area contributed by atoms with E-state index in [1.54, 1.807) is 38.1 Å². The number of carboxylic acid groups (broad SMARTS) is 1. The Labute approximate surface area is 127 Å². The first-order valence-corrected chi connectivity index (χ1v) is 6.64. The minimum atomic E-state index is -1.01. The van der Waals surface area contributed by atoms with E-state index in [4.69, 9.17) is 16.7 Å². The van der Waals surface area contributed by atoms with E-state index in [0.717, 1.165) is 0 Å². The van der Waals surface area contributed by atoms with Gasteiger partial charge in [-0.25, -0.2) is 0 Å². The van der Waals surface area contributed by atoms with Gasteiger partial charge in [0.25, 0.3) is 5.91 Å². The Morgan fingerprint density at radius 3 is 2.43 bits per heavy atom. The second-order valence-corrected chi connectivity index (χ2v) is 5.57. The average molecular weight is 313 g/mol. The monoisotopic (exact) mass is 312 g/mol. The molecule has 0 saturated heterocycles. The highest BCUT2D eigenvalue weighted by Gasteiger charge is 2.24. The number of nitrogens with one attached hydrogen (secondary N) is 2. The third-order valence-corrected chi connectivity index (χ3v) is 2.93. The van der Waals surface area contributed by atoms with Gasteiger partial charge in [-0.15, -0.1) is 0 Å². The Bertz CT molecular complexity index is 558. The fraction of sp³-hybridized carbons (Fsp3) is 0.357. The van der Waals surface area contributed by atoms with Crippen LogP contribution >= 0.6 is 11.6 Å². The van der Waals surface area contributed by atoms with E-state index < -0.39 is 23.3 Å². The van der Waals surface area contributed by atoms with Crippen LogP contribution in [0.2, 0.25) is 5.02 Å². The number of carbonyl (C=O) groups excluding carboxylic acids is 2. The van der Waals surface area contributed by atoms with Crippen LogP contribution in [-0.4, -0.2) is 35.0 Å². The van der Waals surface area contributed by atoms with Crippen LogP contribution in [0.3, 0.4) is 0 Å². The largest absolute Gasteiger partial charge is 0.481 e. The quantitative estimate of drug-likeness (QED) is 0.740. The van der Waals surface area contributed by atoms with Crippen LogP contribution in [0.1, 0.15) is 30.6 Å². The fourth-order valence-electron chi connectivity index (χ4n) is 1.75. The second kappa shape index (κ2) is 7.08. The summed E-state index contributed by atoms with van der Waals surface area (Å²) >= 11 is 5.87. The third-order valence-electron chi connectivity index (χ3n) is 2.60. The van der Waals surface area contributed by atoms with Crippen molar-refractivity contribution in [1.82, 2.24) is 10.6 Å². The molecule has 1 rings (SSSR count). The summed E-state index contributed by atoms with van der Waals surface area (Å²) in [5.74, 6) is -1.95. The first kappa shape index (κ1) is 17.0. The first-order valence-electron chi connectivity index (χ1n) is 6.27. The molecule has 0 bridgehead atoms. The van der Waals surface area contributed by atoms with E-state index in [1.807, 2.05) is 0 Å². The Morgan fingerprint density at radius 2 is 1.86 bits per heavy atom. The van der Waals surface area contributed by atoms with Crippen LogP contribution in [-0.2, 0) is 9.59 Å². The van der Waals surface area contributed by atoms with Gasteiger partial charge in [0, 0.05) is 5.54 Å². The topological polar surface area (TPSA) is 95.5 Å². The predicted molar refractivity (Wildman–Crippen MR) is 78.3 cm³/mol. The lowest BCUT2D eigenvalue weighted by molar-refractivity contribution is -0.138. The van der Waals surface area contributed by atoms with Gasteiger partial charge in [-0.3, -0.25) is 14.4 Å². The van der Waals surface area contributed by atoms with Crippen LogP contribution in [0, 0.1) is 0 Å². The molecular weight excluding hydrogens is 296 g/mol. The summed E-state index contributed by atoms with van der Waals surface area (Å²) in [4.78, 5) is 34.2. The molecule has 0 aromatic heterocycles. The maximum atomic E-state index is 11.8. The van der Waals surface area contributed by atoms with Gasteiger partial charge in [0.2, 0.25) is 5.91 Å². The van der Waals surface area contributed by atoms with Crippen LogP contribution in [0.5, 0.6) is 0 Å². The summed E-state index contributed by atoms with van der Waals surface area (Å²) in [5.41, 5.74) is -0.616. The van der Waals surface area contributed by atoms with Gasteiger partial charge < -0.3 is 15.7 Å². The van der Waals surface area contributed by atoms with E-state index in [9.17, 15) is 14.4 Å². The second-order valence-electron chi connectivity index (χ2n) is 5.17. The Kier molecular flexibility index (Phi) is 5.72. The van der Waals surface area contributed by atoms with Gasteiger partial charge in [-0.2, -0.15) is 0 Å². The molecule has 3 N–H and O–H groups in total. The van der Waals surface area contributed by atoms with Crippen molar-refractivity contribution in [2.24, 2.45) is 0 Å². The number of aliphatic carboxylic acids is 1. The highest BCUT2D eigenvalue weighted by atomic mass is 35.5. The molecule has 0 fully saturated rings. The minimum absolute atomic E-state index is 0.211. The number of carbonyl (C=O) groups is 3. The zero-order chi connectivity index (χ0) is 16.0. The lowest BCUT2D eigenvalue weighted by atomic mass is 10.0. The molecule has 2 amide bonds. The summed E-state index contributed by atoms with van der Waals surface area (Å²) in [7, 11) is 0. The molecule has 0 saturated carbocycles. The summed E-state index contributed by atoms with van der Waals surface area (Å²) in [6.07, 6.45) is -0.211. The molecule has 0 unspecified atom stereocenters. The van der Waals surface area contributed by atoms with Gasteiger partial charge >= 0.3 is 5.97 Å². The maximum absolute atomic E-state index is 11.8.